The van der Waals surface area contributed by atoms with Crippen LogP contribution in [0.3, 0.4) is 0 Å². The third kappa shape index (κ3) is 2.57. The Kier molecular flexibility index (Phi) is 3.88. The summed E-state index contributed by atoms with van der Waals surface area (Å²) in [6.45, 7) is 2.32. The molecule has 0 aliphatic carbocycles. The normalized spacial score (nSPS) is 17.1. The number of benzene rings is 3. The van der Waals surface area contributed by atoms with Gasteiger partial charge in [-0.15, -0.1) is 23.5 Å². The van der Waals surface area contributed by atoms with Gasteiger partial charge in [0, 0.05) is 15.2 Å². The molecule has 0 fully saturated rings. The van der Waals surface area contributed by atoms with Crippen LogP contribution in [0.25, 0.3) is 10.8 Å². The highest BCUT2D eigenvalue weighted by Gasteiger charge is 2.40. The van der Waals surface area contributed by atoms with Crippen molar-refractivity contribution < 1.29 is 5.11 Å². The molecule has 0 bridgehead atoms. The van der Waals surface area contributed by atoms with Crippen molar-refractivity contribution in [3.8, 4) is 0 Å². The summed E-state index contributed by atoms with van der Waals surface area (Å²) < 4.78 is 0.283. The summed E-state index contributed by atoms with van der Waals surface area (Å²) in [6.07, 6.45) is 0. The number of hydrogen-bond donors (Lipinski definition) is 1. The molecule has 0 amide bonds. The smallest absolute Gasteiger partial charge is 0.0713 e. The number of hydrogen-bond acceptors (Lipinski definition) is 3. The molecule has 1 aliphatic rings. The van der Waals surface area contributed by atoms with E-state index in [1.165, 1.54) is 26.1 Å². The average Bonchev–Trinajstić information content (AvgIpc) is 3.05. The van der Waals surface area contributed by atoms with Gasteiger partial charge in [0.1, 0.15) is 0 Å². The van der Waals surface area contributed by atoms with Gasteiger partial charge in [0.15, 0.2) is 0 Å². The molecule has 0 aromatic heterocycles. The first-order chi connectivity index (χ1) is 11.2. The summed E-state index contributed by atoms with van der Waals surface area (Å²) in [4.78, 5) is 2.64. The third-order valence-electron chi connectivity index (χ3n) is 4.57. The van der Waals surface area contributed by atoms with Crippen molar-refractivity contribution in [2.45, 2.75) is 26.7 Å². The van der Waals surface area contributed by atoms with E-state index in [0.29, 0.717) is 0 Å². The van der Waals surface area contributed by atoms with Gasteiger partial charge >= 0.3 is 0 Å². The van der Waals surface area contributed by atoms with Gasteiger partial charge in [-0.3, -0.25) is 0 Å². The van der Waals surface area contributed by atoms with E-state index in [1.54, 1.807) is 0 Å². The predicted molar refractivity (Wildman–Crippen MR) is 100 cm³/mol. The number of rotatable bonds is 3. The van der Waals surface area contributed by atoms with E-state index in [-0.39, 0.29) is 16.6 Å². The molecule has 1 nitrogen and oxygen atoms in total. The minimum absolute atomic E-state index is 0.143. The Morgan fingerprint density at radius 3 is 2.13 bits per heavy atom. The second-order valence-corrected chi connectivity index (χ2v) is 8.74. The fourth-order valence-electron chi connectivity index (χ4n) is 3.01. The van der Waals surface area contributed by atoms with E-state index in [0.717, 1.165) is 0 Å². The van der Waals surface area contributed by atoms with Gasteiger partial charge in [-0.05, 0) is 28.5 Å². The zero-order chi connectivity index (χ0) is 15.9. The summed E-state index contributed by atoms with van der Waals surface area (Å²) in [7, 11) is 0. The molecule has 0 unspecified atom stereocenters. The monoisotopic (exact) mass is 338 g/mol. The summed E-state index contributed by atoms with van der Waals surface area (Å²) in [5, 5.41) is 12.7. The van der Waals surface area contributed by atoms with Gasteiger partial charge in [-0.2, -0.15) is 0 Å². The Morgan fingerprint density at radius 2 is 1.48 bits per heavy atom. The van der Waals surface area contributed by atoms with Crippen molar-refractivity contribution >= 4 is 34.3 Å². The van der Waals surface area contributed by atoms with Crippen molar-refractivity contribution in [3.63, 3.8) is 0 Å². The molecule has 0 spiro atoms. The zero-order valence-electron chi connectivity index (χ0n) is 12.9. The van der Waals surface area contributed by atoms with Crippen LogP contribution in [0.5, 0.6) is 0 Å². The lowest BCUT2D eigenvalue weighted by Crippen LogP contribution is -2.35. The number of aliphatic hydroxyl groups excluding tert-OH is 1. The molecule has 3 aromatic carbocycles. The number of aliphatic hydroxyl groups is 1. The van der Waals surface area contributed by atoms with Crippen molar-refractivity contribution in [1.29, 1.82) is 0 Å². The highest BCUT2D eigenvalue weighted by Crippen LogP contribution is 2.55. The standard InChI is InChI=1S/C20H18OS2/c1-20(13-21,19-22-17-8-4-5-9-18(17)23-19)16-11-10-14-6-2-3-7-15(14)12-16/h2-12,19,21H,13H2,1H3/t20-/m0/s1. The molecular weight excluding hydrogens is 320 g/mol. The summed E-state index contributed by atoms with van der Waals surface area (Å²) in [6, 6.07) is 23.5. The van der Waals surface area contributed by atoms with Crippen LogP contribution >= 0.6 is 23.5 Å². The first kappa shape index (κ1) is 15.1. The van der Waals surface area contributed by atoms with Crippen molar-refractivity contribution in [3.05, 3.63) is 72.3 Å². The molecule has 0 saturated carbocycles. The molecule has 116 valence electrons. The summed E-state index contributed by atoms with van der Waals surface area (Å²) in [5.41, 5.74) is 0.926. The summed E-state index contributed by atoms with van der Waals surface area (Å²) in [5.74, 6) is 0. The molecule has 4 rings (SSSR count). The first-order valence-corrected chi connectivity index (χ1v) is 9.49. The number of thioether (sulfide) groups is 2. The second-order valence-electron chi connectivity index (χ2n) is 6.15. The van der Waals surface area contributed by atoms with Gasteiger partial charge in [-0.25, -0.2) is 0 Å². The van der Waals surface area contributed by atoms with Crippen LogP contribution in [0.4, 0.5) is 0 Å². The third-order valence-corrected chi connectivity index (χ3v) is 7.97. The second kappa shape index (κ2) is 5.90. The fourth-order valence-corrected chi connectivity index (χ4v) is 6.19. The molecule has 3 heteroatoms. The zero-order valence-corrected chi connectivity index (χ0v) is 14.5. The van der Waals surface area contributed by atoms with E-state index in [4.69, 9.17) is 0 Å². The highest BCUT2D eigenvalue weighted by atomic mass is 32.2. The van der Waals surface area contributed by atoms with Gasteiger partial charge in [0.05, 0.1) is 11.2 Å². The van der Waals surface area contributed by atoms with E-state index in [2.05, 4.69) is 73.7 Å². The highest BCUT2D eigenvalue weighted by molar-refractivity contribution is 8.19. The fraction of sp³-hybridized carbons (Fsp3) is 0.200. The van der Waals surface area contributed by atoms with Gasteiger partial charge in [0.2, 0.25) is 0 Å². The lowest BCUT2D eigenvalue weighted by atomic mass is 9.84. The Morgan fingerprint density at radius 1 is 0.870 bits per heavy atom. The molecule has 0 saturated heterocycles. The number of fused-ring (bicyclic) bond motifs is 2. The molecule has 1 atom stereocenters. The maximum Gasteiger partial charge on any atom is 0.0713 e. The molecule has 23 heavy (non-hydrogen) atoms. The average molecular weight is 338 g/mol. The van der Waals surface area contributed by atoms with Gasteiger partial charge in [-0.1, -0.05) is 61.5 Å². The van der Waals surface area contributed by atoms with Crippen molar-refractivity contribution in [2.24, 2.45) is 0 Å². The predicted octanol–water partition coefficient (Wildman–Crippen LogP) is 5.31. The van der Waals surface area contributed by atoms with Crippen LogP contribution < -0.4 is 0 Å². The molecule has 3 aromatic rings. The largest absolute Gasteiger partial charge is 0.395 e. The topological polar surface area (TPSA) is 20.2 Å². The van der Waals surface area contributed by atoms with Crippen LogP contribution in [-0.4, -0.2) is 16.3 Å². The van der Waals surface area contributed by atoms with E-state index in [1.807, 2.05) is 23.5 Å². The van der Waals surface area contributed by atoms with Crippen molar-refractivity contribution in [2.75, 3.05) is 6.61 Å². The Hall–Kier alpha value is -1.42. The van der Waals surface area contributed by atoms with Crippen molar-refractivity contribution in [1.82, 2.24) is 0 Å². The van der Waals surface area contributed by atoms with Gasteiger partial charge < -0.3 is 5.11 Å². The molecule has 1 heterocycles. The molecule has 1 aliphatic heterocycles. The van der Waals surface area contributed by atoms with E-state index >= 15 is 0 Å². The Bertz CT molecular complexity index is 836. The van der Waals surface area contributed by atoms with Gasteiger partial charge in [0.25, 0.3) is 0 Å². The summed E-state index contributed by atoms with van der Waals surface area (Å²) >= 11 is 3.74. The molecule has 0 radical (unpaired) electrons. The van der Waals surface area contributed by atoms with Crippen LogP contribution in [0.1, 0.15) is 12.5 Å². The SMILES string of the molecule is C[C@](CO)(c1ccc2ccccc2c1)C1Sc2ccccc2S1. The minimum Gasteiger partial charge on any atom is -0.395 e. The first-order valence-electron chi connectivity index (χ1n) is 7.73. The van der Waals surface area contributed by atoms with E-state index in [9.17, 15) is 5.11 Å². The van der Waals surface area contributed by atoms with Crippen LogP contribution in [-0.2, 0) is 5.41 Å². The van der Waals surface area contributed by atoms with Crippen LogP contribution in [0, 0.1) is 0 Å². The minimum atomic E-state index is -0.279. The Balaban J connectivity index is 1.74. The lowest BCUT2D eigenvalue weighted by molar-refractivity contribution is 0.217. The van der Waals surface area contributed by atoms with Crippen LogP contribution in [0.2, 0.25) is 0 Å². The molecule has 1 N–H and O–H groups in total. The quantitative estimate of drug-likeness (QED) is 0.698. The maximum absolute atomic E-state index is 10.2. The Labute approximate surface area is 145 Å². The molecular formula is C20H18OS2. The lowest BCUT2D eigenvalue weighted by Gasteiger charge is -2.33. The maximum atomic E-state index is 10.2. The van der Waals surface area contributed by atoms with E-state index < -0.39 is 0 Å². The van der Waals surface area contributed by atoms with Crippen LogP contribution in [0.15, 0.2) is 76.5 Å².